The first-order valence-electron chi connectivity index (χ1n) is 30.3. The number of likely N-dealkylation sites (N-methyl/N-ethyl adjacent to an activating group) is 1. The van der Waals surface area contributed by atoms with Crippen LogP contribution in [0.2, 0.25) is 0 Å². The van der Waals surface area contributed by atoms with Crippen LogP contribution in [0, 0.1) is 0 Å². The minimum atomic E-state index is -1.52. The maximum Gasteiger partial charge on any atom is 0.361 e. The van der Waals surface area contributed by atoms with Gasteiger partial charge in [0.05, 0.1) is 34.4 Å². The highest BCUT2D eigenvalue weighted by atomic mass is 16.7. The van der Waals surface area contributed by atoms with Gasteiger partial charge in [0.15, 0.2) is 6.10 Å². The largest absolute Gasteiger partial charge is 0.477 e. The number of hydrogen-bond acceptors (Lipinski definition) is 7. The Kier molecular flexibility index (Phi) is 53.0. The highest BCUT2D eigenvalue weighted by molar-refractivity contribution is 5.71. The monoisotopic (exact) mass is 1040 g/mol. The van der Waals surface area contributed by atoms with Gasteiger partial charge in [-0.05, 0) is 70.6 Å². The molecule has 0 amide bonds. The molecule has 0 bridgehead atoms. The number of nitrogens with zero attached hydrogens (tertiary/aromatic N) is 1. The van der Waals surface area contributed by atoms with Crippen LogP contribution < -0.4 is 0 Å². The Morgan fingerprint density at radius 3 is 1.15 bits per heavy atom. The number of carboxylic acid groups (broad SMARTS) is 1. The standard InChI is InChI=1S/C65H113NO8/c1-6-8-10-12-14-16-18-20-22-24-26-28-30-32-34-36-38-40-42-44-46-48-50-52-54-56-63(68)74-61(60-73-65(64(69)70)71-58-57-66(3,4)5)59-72-62(67)55-53-51-49-47-45-43-41-39-37-35-33-31-29-27-25-23-21-19-17-15-13-11-9-7-2/h8,10,14,16,20,22,26,28,32,34,38,40,44,46,61,65H,6-7,9,11-13,15,17-19,21,23-25,27,29-31,33,35-37,39,41-43,45,47-60H2,1-5H3/p+1/b10-8-,16-14-,22-20-,28-26-,34-32-,40-38-,46-44-. The molecule has 0 saturated heterocycles. The van der Waals surface area contributed by atoms with Crippen LogP contribution >= 0.6 is 0 Å². The maximum atomic E-state index is 12.9. The Balaban J connectivity index is 4.30. The maximum absolute atomic E-state index is 12.9. The molecule has 2 atom stereocenters. The minimum Gasteiger partial charge on any atom is -0.477 e. The molecule has 0 aliphatic rings. The van der Waals surface area contributed by atoms with Crippen LogP contribution in [0.3, 0.4) is 0 Å². The van der Waals surface area contributed by atoms with Crippen molar-refractivity contribution in [2.45, 2.75) is 264 Å². The number of ether oxygens (including phenoxy) is 4. The van der Waals surface area contributed by atoms with E-state index >= 15 is 0 Å². The molecular weight excluding hydrogens is 923 g/mol. The zero-order valence-electron chi connectivity index (χ0n) is 48.5. The molecule has 0 radical (unpaired) electrons. The molecule has 0 heterocycles. The molecule has 74 heavy (non-hydrogen) atoms. The predicted octanol–water partition coefficient (Wildman–Crippen LogP) is 18.0. The Morgan fingerprint density at radius 2 is 0.770 bits per heavy atom. The summed E-state index contributed by atoms with van der Waals surface area (Å²) in [6.45, 7) is 4.74. The van der Waals surface area contributed by atoms with Crippen LogP contribution in [-0.2, 0) is 33.3 Å². The fourth-order valence-electron chi connectivity index (χ4n) is 8.29. The number of carbonyl (C=O) groups is 3. The summed E-state index contributed by atoms with van der Waals surface area (Å²) in [5.74, 6) is -2.05. The molecule has 1 N–H and O–H groups in total. The second-order valence-electron chi connectivity index (χ2n) is 21.3. The van der Waals surface area contributed by atoms with Gasteiger partial charge in [-0.3, -0.25) is 9.59 Å². The summed E-state index contributed by atoms with van der Waals surface area (Å²) in [5, 5.41) is 9.71. The van der Waals surface area contributed by atoms with Gasteiger partial charge in [0.25, 0.3) is 6.29 Å². The van der Waals surface area contributed by atoms with E-state index in [9.17, 15) is 19.5 Å². The van der Waals surface area contributed by atoms with Crippen molar-refractivity contribution in [2.75, 3.05) is 47.5 Å². The van der Waals surface area contributed by atoms with Crippen molar-refractivity contribution in [3.8, 4) is 0 Å². The third-order valence-corrected chi connectivity index (χ3v) is 12.9. The van der Waals surface area contributed by atoms with Crippen molar-refractivity contribution >= 4 is 17.9 Å². The van der Waals surface area contributed by atoms with E-state index in [1.165, 1.54) is 135 Å². The van der Waals surface area contributed by atoms with Crippen LogP contribution in [0.15, 0.2) is 85.1 Å². The average Bonchev–Trinajstić information content (AvgIpc) is 3.37. The summed E-state index contributed by atoms with van der Waals surface area (Å²) in [4.78, 5) is 37.5. The number of carboxylic acids is 1. The van der Waals surface area contributed by atoms with Gasteiger partial charge in [-0.2, -0.15) is 0 Å². The fourth-order valence-corrected chi connectivity index (χ4v) is 8.29. The summed E-state index contributed by atoms with van der Waals surface area (Å²) in [7, 11) is 5.96. The van der Waals surface area contributed by atoms with Crippen LogP contribution in [0.25, 0.3) is 0 Å². The van der Waals surface area contributed by atoms with Crippen molar-refractivity contribution in [1.29, 1.82) is 0 Å². The second-order valence-corrected chi connectivity index (χ2v) is 21.3. The van der Waals surface area contributed by atoms with E-state index in [0.29, 0.717) is 23.9 Å². The van der Waals surface area contributed by atoms with E-state index in [-0.39, 0.29) is 32.2 Å². The minimum absolute atomic E-state index is 0.178. The summed E-state index contributed by atoms with van der Waals surface area (Å²) >= 11 is 0. The van der Waals surface area contributed by atoms with Crippen LogP contribution in [-0.4, -0.2) is 87.4 Å². The van der Waals surface area contributed by atoms with Gasteiger partial charge in [-0.25, -0.2) is 4.79 Å². The Bertz CT molecular complexity index is 1490. The molecule has 426 valence electrons. The first-order valence-corrected chi connectivity index (χ1v) is 30.3. The smallest absolute Gasteiger partial charge is 0.361 e. The number of esters is 2. The zero-order valence-corrected chi connectivity index (χ0v) is 48.5. The number of quaternary nitrogens is 1. The SMILES string of the molecule is CC/C=C\C/C=C\C/C=C\C/C=C\C/C=C\C/C=C\C/C=C\CCCCCC(=O)OC(COC(=O)CCCCCCCCCCCCCCCCCCCCCCCCCC)COC(OCC[N+](C)(C)C)C(=O)O. The molecule has 9 nitrogen and oxygen atoms in total. The Labute approximate surface area is 455 Å². The number of allylic oxidation sites excluding steroid dienone is 14. The van der Waals surface area contributed by atoms with Gasteiger partial charge >= 0.3 is 17.9 Å². The summed E-state index contributed by atoms with van der Waals surface area (Å²) in [5.41, 5.74) is 0. The number of rotatable bonds is 55. The van der Waals surface area contributed by atoms with Crippen molar-refractivity contribution in [3.05, 3.63) is 85.1 Å². The van der Waals surface area contributed by atoms with Gasteiger partial charge in [-0.1, -0.05) is 253 Å². The molecule has 0 aromatic rings. The molecule has 2 unspecified atom stereocenters. The van der Waals surface area contributed by atoms with Crippen molar-refractivity contribution in [1.82, 2.24) is 0 Å². The van der Waals surface area contributed by atoms with E-state index in [1.54, 1.807) is 0 Å². The number of hydrogen-bond donors (Lipinski definition) is 1. The van der Waals surface area contributed by atoms with Crippen molar-refractivity contribution in [2.24, 2.45) is 0 Å². The van der Waals surface area contributed by atoms with Gasteiger partial charge in [0.1, 0.15) is 13.2 Å². The summed E-state index contributed by atoms with van der Waals surface area (Å²) < 4.78 is 22.9. The molecule has 0 aliphatic heterocycles. The van der Waals surface area contributed by atoms with E-state index in [1.807, 2.05) is 21.1 Å². The molecule has 0 saturated carbocycles. The predicted molar refractivity (Wildman–Crippen MR) is 313 cm³/mol. The molecule has 0 aromatic carbocycles. The van der Waals surface area contributed by atoms with Gasteiger partial charge in [0, 0.05) is 12.8 Å². The molecule has 0 rings (SSSR count). The van der Waals surface area contributed by atoms with Gasteiger partial charge in [0.2, 0.25) is 0 Å². The second kappa shape index (κ2) is 55.7. The zero-order chi connectivity index (χ0) is 54.1. The van der Waals surface area contributed by atoms with E-state index in [4.69, 9.17) is 18.9 Å². The first kappa shape index (κ1) is 70.5. The highest BCUT2D eigenvalue weighted by Gasteiger charge is 2.25. The van der Waals surface area contributed by atoms with E-state index in [2.05, 4.69) is 98.9 Å². The molecule has 0 fully saturated rings. The highest BCUT2D eigenvalue weighted by Crippen LogP contribution is 2.17. The van der Waals surface area contributed by atoms with Crippen molar-refractivity contribution < 1.29 is 42.9 Å². The number of aliphatic carboxylic acids is 1. The van der Waals surface area contributed by atoms with Gasteiger partial charge in [-0.15, -0.1) is 0 Å². The van der Waals surface area contributed by atoms with Gasteiger partial charge < -0.3 is 28.5 Å². The Hall–Kier alpha value is -3.53. The van der Waals surface area contributed by atoms with Crippen LogP contribution in [0.1, 0.15) is 251 Å². The fraction of sp³-hybridized carbons (Fsp3) is 0.738. The lowest BCUT2D eigenvalue weighted by Gasteiger charge is -2.25. The molecule has 0 spiro atoms. The summed E-state index contributed by atoms with van der Waals surface area (Å²) in [6.07, 6.45) is 71.0. The lowest BCUT2D eigenvalue weighted by Crippen LogP contribution is -2.40. The van der Waals surface area contributed by atoms with E-state index in [0.717, 1.165) is 83.5 Å². The third-order valence-electron chi connectivity index (χ3n) is 12.9. The topological polar surface area (TPSA) is 108 Å². The normalized spacial score (nSPS) is 13.4. The van der Waals surface area contributed by atoms with Crippen LogP contribution in [0.5, 0.6) is 0 Å². The lowest BCUT2D eigenvalue weighted by atomic mass is 10.0. The molecule has 9 heteroatoms. The average molecular weight is 1040 g/mol. The molecular formula is C65H114NO8+. The molecule has 0 aromatic heterocycles. The number of carbonyl (C=O) groups excluding carboxylic acids is 2. The summed E-state index contributed by atoms with van der Waals surface area (Å²) in [6, 6.07) is 0. The Morgan fingerprint density at radius 1 is 0.419 bits per heavy atom. The third kappa shape index (κ3) is 56.2. The lowest BCUT2D eigenvalue weighted by molar-refractivity contribution is -0.870. The first-order chi connectivity index (χ1) is 36.1. The molecule has 0 aliphatic carbocycles. The van der Waals surface area contributed by atoms with Crippen molar-refractivity contribution in [3.63, 3.8) is 0 Å². The number of unbranched alkanes of at least 4 members (excludes halogenated alkanes) is 26. The van der Waals surface area contributed by atoms with Crippen LogP contribution in [0.4, 0.5) is 0 Å². The quantitative estimate of drug-likeness (QED) is 0.0211. The van der Waals surface area contributed by atoms with E-state index < -0.39 is 24.3 Å².